The largest absolute Gasteiger partial charge is 0.332 e. The molecule has 1 aromatic heterocycles. The van der Waals surface area contributed by atoms with Crippen LogP contribution in [0.25, 0.3) is 0 Å². The topological polar surface area (TPSA) is 59.2 Å². The Balaban J connectivity index is 2.20. The first-order chi connectivity index (χ1) is 9.61. The summed E-state index contributed by atoms with van der Waals surface area (Å²) >= 11 is 1.44. The maximum Gasteiger partial charge on any atom is 0.266 e. The predicted octanol–water partition coefficient (Wildman–Crippen LogP) is 2.36. The van der Waals surface area contributed by atoms with Gasteiger partial charge in [-0.25, -0.2) is 4.98 Å². The predicted molar refractivity (Wildman–Crippen MR) is 81.8 cm³/mol. The van der Waals surface area contributed by atoms with E-state index in [1.165, 1.54) is 11.3 Å². The number of aryl methyl sites for hydroxylation is 2. The Morgan fingerprint density at radius 3 is 2.55 bits per heavy atom. The Labute approximate surface area is 123 Å². The molecule has 20 heavy (non-hydrogen) atoms. The SMILES string of the molecule is Cc1nc(C)c(C(=O)N(CCN)Cc2ccccc2)s1. The second-order valence-electron chi connectivity index (χ2n) is 4.65. The molecule has 0 aliphatic rings. The third kappa shape index (κ3) is 3.43. The van der Waals surface area contributed by atoms with Gasteiger partial charge in [0.1, 0.15) is 4.88 Å². The number of carbonyl (C=O) groups excluding carboxylic acids is 1. The van der Waals surface area contributed by atoms with Crippen molar-refractivity contribution >= 4 is 17.2 Å². The van der Waals surface area contributed by atoms with Crippen molar-refractivity contribution in [2.45, 2.75) is 20.4 Å². The summed E-state index contributed by atoms with van der Waals surface area (Å²) in [5, 5.41) is 0.915. The fourth-order valence-electron chi connectivity index (χ4n) is 2.09. The van der Waals surface area contributed by atoms with Crippen LogP contribution in [0.3, 0.4) is 0 Å². The molecule has 0 atom stereocenters. The summed E-state index contributed by atoms with van der Waals surface area (Å²) in [6, 6.07) is 9.95. The first-order valence-corrected chi connectivity index (χ1v) is 7.40. The molecule has 106 valence electrons. The van der Waals surface area contributed by atoms with Gasteiger partial charge in [-0.1, -0.05) is 30.3 Å². The van der Waals surface area contributed by atoms with Crippen LogP contribution in [-0.2, 0) is 6.54 Å². The van der Waals surface area contributed by atoms with E-state index in [2.05, 4.69) is 4.98 Å². The van der Waals surface area contributed by atoms with Gasteiger partial charge in [0.25, 0.3) is 5.91 Å². The van der Waals surface area contributed by atoms with E-state index in [4.69, 9.17) is 5.73 Å². The number of hydrogen-bond acceptors (Lipinski definition) is 4. The number of nitrogens with zero attached hydrogens (tertiary/aromatic N) is 2. The van der Waals surface area contributed by atoms with Gasteiger partial charge in [-0.3, -0.25) is 4.79 Å². The Hall–Kier alpha value is -1.72. The van der Waals surface area contributed by atoms with Crippen LogP contribution in [-0.4, -0.2) is 28.9 Å². The molecule has 1 heterocycles. The zero-order valence-corrected chi connectivity index (χ0v) is 12.6. The number of hydrogen-bond donors (Lipinski definition) is 1. The highest BCUT2D eigenvalue weighted by atomic mass is 32.1. The van der Waals surface area contributed by atoms with Gasteiger partial charge < -0.3 is 10.6 Å². The quantitative estimate of drug-likeness (QED) is 0.919. The minimum atomic E-state index is 0.0161. The molecular weight excluding hydrogens is 270 g/mol. The number of thiazole rings is 1. The molecule has 0 spiro atoms. The minimum absolute atomic E-state index is 0.0161. The third-order valence-electron chi connectivity index (χ3n) is 3.00. The third-order valence-corrected chi connectivity index (χ3v) is 4.06. The average Bonchev–Trinajstić information content (AvgIpc) is 2.77. The van der Waals surface area contributed by atoms with Gasteiger partial charge >= 0.3 is 0 Å². The van der Waals surface area contributed by atoms with Crippen molar-refractivity contribution in [3.8, 4) is 0 Å². The molecule has 0 radical (unpaired) electrons. The zero-order chi connectivity index (χ0) is 14.5. The summed E-state index contributed by atoms with van der Waals surface area (Å²) in [5.74, 6) is 0.0161. The highest BCUT2D eigenvalue weighted by Gasteiger charge is 2.20. The van der Waals surface area contributed by atoms with E-state index in [0.29, 0.717) is 24.5 Å². The van der Waals surface area contributed by atoms with Crippen LogP contribution < -0.4 is 5.73 Å². The van der Waals surface area contributed by atoms with Crippen molar-refractivity contribution in [2.24, 2.45) is 5.73 Å². The number of benzene rings is 1. The van der Waals surface area contributed by atoms with Crippen LogP contribution in [0.5, 0.6) is 0 Å². The van der Waals surface area contributed by atoms with E-state index in [-0.39, 0.29) is 5.91 Å². The molecule has 1 aromatic carbocycles. The molecule has 4 nitrogen and oxygen atoms in total. The molecule has 2 rings (SSSR count). The summed E-state index contributed by atoms with van der Waals surface area (Å²) in [6.45, 7) is 5.37. The lowest BCUT2D eigenvalue weighted by molar-refractivity contribution is 0.0752. The van der Waals surface area contributed by atoms with E-state index in [1.807, 2.05) is 44.2 Å². The van der Waals surface area contributed by atoms with E-state index in [1.54, 1.807) is 4.90 Å². The highest BCUT2D eigenvalue weighted by Crippen LogP contribution is 2.20. The molecule has 1 amide bonds. The van der Waals surface area contributed by atoms with Crippen molar-refractivity contribution in [2.75, 3.05) is 13.1 Å². The fraction of sp³-hybridized carbons (Fsp3) is 0.333. The molecule has 0 fully saturated rings. The molecule has 2 N–H and O–H groups in total. The van der Waals surface area contributed by atoms with Gasteiger partial charge in [-0.05, 0) is 19.4 Å². The Morgan fingerprint density at radius 1 is 1.30 bits per heavy atom. The monoisotopic (exact) mass is 289 g/mol. The number of aromatic nitrogens is 1. The Morgan fingerprint density at radius 2 is 2.00 bits per heavy atom. The van der Waals surface area contributed by atoms with Gasteiger partial charge in [0.05, 0.1) is 10.7 Å². The fourth-order valence-corrected chi connectivity index (χ4v) is 2.97. The summed E-state index contributed by atoms with van der Waals surface area (Å²) in [7, 11) is 0. The molecule has 5 heteroatoms. The van der Waals surface area contributed by atoms with E-state index >= 15 is 0 Å². The van der Waals surface area contributed by atoms with Crippen LogP contribution in [0.15, 0.2) is 30.3 Å². The van der Waals surface area contributed by atoms with Gasteiger partial charge in [-0.15, -0.1) is 11.3 Å². The molecular formula is C15H19N3OS. The second kappa shape index (κ2) is 6.63. The van der Waals surface area contributed by atoms with E-state index < -0.39 is 0 Å². The molecule has 0 bridgehead atoms. The lowest BCUT2D eigenvalue weighted by Gasteiger charge is -2.21. The van der Waals surface area contributed by atoms with Crippen LogP contribution >= 0.6 is 11.3 Å². The Kier molecular flexibility index (Phi) is 4.87. The molecule has 2 aromatic rings. The van der Waals surface area contributed by atoms with E-state index in [9.17, 15) is 4.79 Å². The summed E-state index contributed by atoms with van der Waals surface area (Å²) in [5.41, 5.74) is 7.54. The summed E-state index contributed by atoms with van der Waals surface area (Å²) in [4.78, 5) is 19.4. The number of nitrogens with two attached hydrogens (primary N) is 1. The number of rotatable bonds is 5. The standard InChI is InChI=1S/C15H19N3OS/c1-11-14(20-12(2)17-11)15(19)18(9-8-16)10-13-6-4-3-5-7-13/h3-7H,8-10,16H2,1-2H3. The number of amides is 1. The van der Waals surface area contributed by atoms with E-state index in [0.717, 1.165) is 16.3 Å². The first-order valence-electron chi connectivity index (χ1n) is 6.59. The van der Waals surface area contributed by atoms with Crippen molar-refractivity contribution < 1.29 is 4.79 Å². The van der Waals surface area contributed by atoms with Gasteiger partial charge in [0, 0.05) is 19.6 Å². The molecule has 0 unspecified atom stereocenters. The smallest absolute Gasteiger partial charge is 0.266 e. The van der Waals surface area contributed by atoms with Gasteiger partial charge in [0.15, 0.2) is 0 Å². The van der Waals surface area contributed by atoms with Crippen LogP contribution in [0, 0.1) is 13.8 Å². The summed E-state index contributed by atoms with van der Waals surface area (Å²) in [6.07, 6.45) is 0. The van der Waals surface area contributed by atoms with Crippen LogP contribution in [0.2, 0.25) is 0 Å². The van der Waals surface area contributed by atoms with Crippen LogP contribution in [0.1, 0.15) is 25.9 Å². The molecule has 0 aliphatic carbocycles. The summed E-state index contributed by atoms with van der Waals surface area (Å²) < 4.78 is 0. The van der Waals surface area contributed by atoms with Crippen molar-refractivity contribution in [3.05, 3.63) is 51.5 Å². The van der Waals surface area contributed by atoms with Crippen molar-refractivity contribution in [1.82, 2.24) is 9.88 Å². The maximum atomic E-state index is 12.6. The maximum absolute atomic E-state index is 12.6. The first kappa shape index (κ1) is 14.7. The minimum Gasteiger partial charge on any atom is -0.332 e. The average molecular weight is 289 g/mol. The lowest BCUT2D eigenvalue weighted by atomic mass is 10.2. The van der Waals surface area contributed by atoms with Crippen molar-refractivity contribution in [3.63, 3.8) is 0 Å². The van der Waals surface area contributed by atoms with Gasteiger partial charge in [-0.2, -0.15) is 0 Å². The van der Waals surface area contributed by atoms with Crippen LogP contribution in [0.4, 0.5) is 0 Å². The van der Waals surface area contributed by atoms with Gasteiger partial charge in [0.2, 0.25) is 0 Å². The molecule has 0 saturated heterocycles. The Bertz CT molecular complexity index is 580. The zero-order valence-electron chi connectivity index (χ0n) is 11.8. The second-order valence-corrected chi connectivity index (χ2v) is 5.85. The molecule has 0 saturated carbocycles. The number of carbonyl (C=O) groups is 1. The highest BCUT2D eigenvalue weighted by molar-refractivity contribution is 7.13. The van der Waals surface area contributed by atoms with Crippen molar-refractivity contribution in [1.29, 1.82) is 0 Å². The molecule has 0 aliphatic heterocycles. The normalized spacial score (nSPS) is 10.6. The lowest BCUT2D eigenvalue weighted by Crippen LogP contribution is -2.34.